The summed E-state index contributed by atoms with van der Waals surface area (Å²) in [6.07, 6.45) is -0.392. The van der Waals surface area contributed by atoms with Gasteiger partial charge in [0.15, 0.2) is 0 Å². The third kappa shape index (κ3) is 1.84. The first-order chi connectivity index (χ1) is 8.04. The van der Waals surface area contributed by atoms with Gasteiger partial charge in [0.2, 0.25) is 0 Å². The van der Waals surface area contributed by atoms with Gasteiger partial charge in [-0.15, -0.1) is 0 Å². The molecule has 2 rings (SSSR count). The minimum absolute atomic E-state index is 0.392. The highest BCUT2D eigenvalue weighted by atomic mass is 16.5. The largest absolute Gasteiger partial charge is 0.452 e. The third-order valence-electron chi connectivity index (χ3n) is 2.92. The number of ether oxygens (including phenoxy) is 1. The number of anilines is 1. The molecule has 5 heteroatoms. The van der Waals surface area contributed by atoms with Gasteiger partial charge < -0.3 is 9.30 Å². The first kappa shape index (κ1) is 11.4. The van der Waals surface area contributed by atoms with E-state index in [1.165, 1.54) is 12.0 Å². The maximum atomic E-state index is 11.4. The molecule has 1 amide bonds. The van der Waals surface area contributed by atoms with Crippen molar-refractivity contribution in [1.29, 1.82) is 0 Å². The predicted octanol–water partition coefficient (Wildman–Crippen LogP) is 2.08. The summed E-state index contributed by atoms with van der Waals surface area (Å²) in [4.78, 5) is 17.3. The van der Waals surface area contributed by atoms with E-state index in [9.17, 15) is 4.79 Å². The summed E-state index contributed by atoms with van der Waals surface area (Å²) in [5.74, 6) is 0.942. The molecule has 5 nitrogen and oxygen atoms in total. The Kier molecular flexibility index (Phi) is 2.75. The fourth-order valence-corrected chi connectivity index (χ4v) is 1.76. The van der Waals surface area contributed by atoms with E-state index >= 15 is 0 Å². The second-order valence-corrected chi connectivity index (χ2v) is 3.92. The van der Waals surface area contributed by atoms with Crippen molar-refractivity contribution < 1.29 is 9.53 Å². The van der Waals surface area contributed by atoms with Crippen molar-refractivity contribution in [2.24, 2.45) is 7.05 Å². The molecule has 0 saturated heterocycles. The van der Waals surface area contributed by atoms with Crippen LogP contribution in [0.2, 0.25) is 0 Å². The zero-order valence-electron chi connectivity index (χ0n) is 10.4. The van der Waals surface area contributed by atoms with Gasteiger partial charge in [0.1, 0.15) is 5.82 Å². The summed E-state index contributed by atoms with van der Waals surface area (Å²) in [5, 5.41) is 0. The first-order valence-electron chi connectivity index (χ1n) is 5.29. The van der Waals surface area contributed by atoms with E-state index in [0.29, 0.717) is 0 Å². The van der Waals surface area contributed by atoms with E-state index in [1.54, 1.807) is 7.05 Å². The average molecular weight is 233 g/mol. The molecule has 0 aliphatic rings. The molecule has 0 aliphatic heterocycles. The number of amides is 1. The number of hydrogen-bond acceptors (Lipinski definition) is 3. The van der Waals surface area contributed by atoms with Crippen LogP contribution in [0.25, 0.3) is 11.0 Å². The van der Waals surface area contributed by atoms with Crippen molar-refractivity contribution in [3.63, 3.8) is 0 Å². The Morgan fingerprint density at radius 1 is 1.47 bits per heavy atom. The first-order valence-corrected chi connectivity index (χ1v) is 5.29. The van der Waals surface area contributed by atoms with Crippen LogP contribution in [0.3, 0.4) is 0 Å². The fourth-order valence-electron chi connectivity index (χ4n) is 1.76. The van der Waals surface area contributed by atoms with Crippen molar-refractivity contribution in [1.82, 2.24) is 9.55 Å². The number of fused-ring (bicyclic) bond motifs is 1. The Hall–Kier alpha value is -2.04. The second kappa shape index (κ2) is 4.08. The van der Waals surface area contributed by atoms with Gasteiger partial charge in [-0.2, -0.15) is 0 Å². The van der Waals surface area contributed by atoms with E-state index in [0.717, 1.165) is 22.5 Å². The van der Waals surface area contributed by atoms with Crippen LogP contribution < -0.4 is 4.90 Å². The van der Waals surface area contributed by atoms with E-state index in [4.69, 9.17) is 0 Å². The van der Waals surface area contributed by atoms with Crippen molar-refractivity contribution in [2.45, 2.75) is 6.92 Å². The molecule has 17 heavy (non-hydrogen) atoms. The van der Waals surface area contributed by atoms with Gasteiger partial charge in [0.05, 0.1) is 18.1 Å². The highest BCUT2D eigenvalue weighted by Crippen LogP contribution is 2.21. The van der Waals surface area contributed by atoms with Crippen LogP contribution in [0, 0.1) is 6.92 Å². The molecule has 0 spiro atoms. The van der Waals surface area contributed by atoms with Crippen molar-refractivity contribution in [3.8, 4) is 0 Å². The van der Waals surface area contributed by atoms with Crippen molar-refractivity contribution >= 4 is 22.8 Å². The van der Waals surface area contributed by atoms with Gasteiger partial charge in [0, 0.05) is 19.8 Å². The molecule has 0 saturated carbocycles. The number of carbonyl (C=O) groups is 1. The number of rotatable bonds is 1. The minimum Gasteiger partial charge on any atom is -0.452 e. The molecule has 0 radical (unpaired) electrons. The van der Waals surface area contributed by atoms with Crippen LogP contribution in [-0.2, 0) is 11.8 Å². The van der Waals surface area contributed by atoms with Gasteiger partial charge in [-0.1, -0.05) is 0 Å². The topological polar surface area (TPSA) is 47.4 Å². The lowest BCUT2D eigenvalue weighted by Gasteiger charge is -2.15. The van der Waals surface area contributed by atoms with E-state index < -0.39 is 6.09 Å². The number of aryl methyl sites for hydroxylation is 2. The van der Waals surface area contributed by atoms with Crippen LogP contribution in [0.4, 0.5) is 10.5 Å². The Morgan fingerprint density at radius 3 is 2.82 bits per heavy atom. The lowest BCUT2D eigenvalue weighted by molar-refractivity contribution is 0.180. The maximum Gasteiger partial charge on any atom is 0.413 e. The summed E-state index contributed by atoms with van der Waals surface area (Å²) >= 11 is 0. The Bertz CT molecular complexity index is 574. The summed E-state index contributed by atoms with van der Waals surface area (Å²) < 4.78 is 6.68. The van der Waals surface area contributed by atoms with E-state index in [-0.39, 0.29) is 0 Å². The van der Waals surface area contributed by atoms with Gasteiger partial charge in [-0.3, -0.25) is 4.90 Å². The summed E-state index contributed by atoms with van der Waals surface area (Å²) in [5.41, 5.74) is 2.69. The second-order valence-electron chi connectivity index (χ2n) is 3.92. The van der Waals surface area contributed by atoms with Crippen LogP contribution in [0.1, 0.15) is 5.82 Å². The number of benzene rings is 1. The Balaban J connectivity index is 2.48. The summed E-state index contributed by atoms with van der Waals surface area (Å²) in [6, 6.07) is 5.70. The molecule has 0 unspecified atom stereocenters. The minimum atomic E-state index is -0.392. The molecule has 0 atom stereocenters. The molecule has 90 valence electrons. The zero-order valence-corrected chi connectivity index (χ0v) is 10.4. The lowest BCUT2D eigenvalue weighted by atomic mass is 10.2. The Morgan fingerprint density at radius 2 is 2.18 bits per heavy atom. The highest BCUT2D eigenvalue weighted by Gasteiger charge is 2.12. The molecular weight excluding hydrogens is 218 g/mol. The smallest absolute Gasteiger partial charge is 0.413 e. The number of imidazole rings is 1. The van der Waals surface area contributed by atoms with Gasteiger partial charge in [-0.25, -0.2) is 9.78 Å². The number of nitrogens with zero attached hydrogens (tertiary/aromatic N) is 3. The number of aromatic nitrogens is 2. The van der Waals surface area contributed by atoms with Crippen LogP contribution in [0.5, 0.6) is 0 Å². The molecular formula is C12H15N3O2. The SMILES string of the molecule is COC(=O)N(C)c1ccc2c(c1)nc(C)n2C. The fraction of sp³-hybridized carbons (Fsp3) is 0.333. The number of methoxy groups -OCH3 is 1. The van der Waals surface area contributed by atoms with Gasteiger partial charge in [0.25, 0.3) is 0 Å². The standard InChI is InChI=1S/C12H15N3O2/c1-8-13-10-7-9(15(3)12(16)17-4)5-6-11(10)14(8)2/h5-7H,1-4H3. The maximum absolute atomic E-state index is 11.4. The lowest BCUT2D eigenvalue weighted by Crippen LogP contribution is -2.25. The molecule has 0 aliphatic carbocycles. The van der Waals surface area contributed by atoms with E-state index in [2.05, 4.69) is 9.72 Å². The monoisotopic (exact) mass is 233 g/mol. The molecule has 1 heterocycles. The molecule has 0 N–H and O–H groups in total. The Labute approximate surface area is 99.6 Å². The van der Waals surface area contributed by atoms with Crippen LogP contribution in [-0.4, -0.2) is 29.8 Å². The number of hydrogen-bond donors (Lipinski definition) is 0. The predicted molar refractivity (Wildman–Crippen MR) is 66.3 cm³/mol. The quantitative estimate of drug-likeness (QED) is 0.757. The highest BCUT2D eigenvalue weighted by molar-refractivity contribution is 5.90. The number of carbonyl (C=O) groups excluding carboxylic acids is 1. The molecule has 2 aromatic rings. The summed E-state index contributed by atoms with van der Waals surface area (Å²) in [6.45, 7) is 1.95. The molecule has 0 fully saturated rings. The van der Waals surface area contributed by atoms with Crippen LogP contribution >= 0.6 is 0 Å². The summed E-state index contributed by atoms with van der Waals surface area (Å²) in [7, 11) is 5.00. The average Bonchev–Trinajstić information content (AvgIpc) is 2.62. The van der Waals surface area contributed by atoms with Gasteiger partial charge in [-0.05, 0) is 25.1 Å². The van der Waals surface area contributed by atoms with Crippen molar-refractivity contribution in [2.75, 3.05) is 19.1 Å². The van der Waals surface area contributed by atoms with Gasteiger partial charge >= 0.3 is 6.09 Å². The molecule has 1 aromatic heterocycles. The van der Waals surface area contributed by atoms with Crippen molar-refractivity contribution in [3.05, 3.63) is 24.0 Å². The van der Waals surface area contributed by atoms with Crippen LogP contribution in [0.15, 0.2) is 18.2 Å². The third-order valence-corrected chi connectivity index (χ3v) is 2.92. The normalized spacial score (nSPS) is 10.6. The molecule has 0 bridgehead atoms. The van der Waals surface area contributed by atoms with E-state index in [1.807, 2.05) is 36.7 Å². The molecule has 1 aromatic carbocycles. The zero-order chi connectivity index (χ0) is 12.6.